The number of benzene rings is 1. The number of aromatic nitrogens is 2. The zero-order valence-corrected chi connectivity index (χ0v) is 17.8. The van der Waals surface area contributed by atoms with Crippen molar-refractivity contribution in [3.63, 3.8) is 0 Å². The number of carbonyl (C=O) groups is 1. The van der Waals surface area contributed by atoms with Gasteiger partial charge in [0.25, 0.3) is 0 Å². The number of halogens is 4. The molecule has 0 fully saturated rings. The van der Waals surface area contributed by atoms with E-state index in [-0.39, 0.29) is 23.4 Å². The summed E-state index contributed by atoms with van der Waals surface area (Å²) in [6.45, 7) is 3.87. The number of esters is 1. The first kappa shape index (κ1) is 22.9. The van der Waals surface area contributed by atoms with Crippen LogP contribution in [0.4, 0.5) is 30.6 Å². The molecule has 0 aliphatic rings. The molecule has 1 aromatic carbocycles. The summed E-state index contributed by atoms with van der Waals surface area (Å²) >= 11 is 3.26. The van der Waals surface area contributed by atoms with Crippen molar-refractivity contribution in [3.8, 4) is 0 Å². The predicted molar refractivity (Wildman–Crippen MR) is 108 cm³/mol. The highest BCUT2D eigenvalue weighted by molar-refractivity contribution is 9.10. The second kappa shape index (κ2) is 9.91. The van der Waals surface area contributed by atoms with Gasteiger partial charge in [0.15, 0.2) is 0 Å². The number of hydrogen-bond acceptors (Lipinski definition) is 6. The van der Waals surface area contributed by atoms with Crippen LogP contribution in [0.25, 0.3) is 0 Å². The number of carbonyl (C=O) groups excluding carboxylic acids is 1. The van der Waals surface area contributed by atoms with E-state index >= 15 is 0 Å². The Bertz CT molecular complexity index is 862. The standard InChI is InChI=1S/C19H22BrF3N4O2/c1-4-6-11(5-2)25-16-14(19(21,22)23)10-24-18(27-16)26-12-7-8-15(20)13(9-12)17(28)29-3/h7-11H,4-6H2,1-3H3,(H2,24,25,26,27). The van der Waals surface area contributed by atoms with E-state index in [1.807, 2.05) is 13.8 Å². The van der Waals surface area contributed by atoms with Crippen molar-refractivity contribution in [1.82, 2.24) is 9.97 Å². The fraction of sp³-hybridized carbons (Fsp3) is 0.421. The number of nitrogens with zero attached hydrogens (tertiary/aromatic N) is 2. The van der Waals surface area contributed by atoms with Crippen LogP contribution in [0.5, 0.6) is 0 Å². The Hall–Kier alpha value is -2.36. The van der Waals surface area contributed by atoms with Gasteiger partial charge in [0, 0.05) is 22.4 Å². The Morgan fingerprint density at radius 3 is 2.62 bits per heavy atom. The average molecular weight is 475 g/mol. The molecule has 2 N–H and O–H groups in total. The number of alkyl halides is 3. The minimum atomic E-state index is -4.58. The third kappa shape index (κ3) is 6.06. The molecule has 1 atom stereocenters. The molecule has 0 saturated carbocycles. The van der Waals surface area contributed by atoms with Crippen LogP contribution in [0.2, 0.25) is 0 Å². The minimum absolute atomic E-state index is 0.0232. The molecule has 0 radical (unpaired) electrons. The highest BCUT2D eigenvalue weighted by Gasteiger charge is 2.35. The molecule has 1 aromatic heterocycles. The zero-order valence-electron chi connectivity index (χ0n) is 16.2. The molecule has 2 rings (SSSR count). The monoisotopic (exact) mass is 474 g/mol. The lowest BCUT2D eigenvalue weighted by molar-refractivity contribution is -0.137. The first-order valence-electron chi connectivity index (χ1n) is 9.05. The molecular weight excluding hydrogens is 453 g/mol. The molecule has 0 aliphatic heterocycles. The first-order valence-corrected chi connectivity index (χ1v) is 9.84. The molecule has 29 heavy (non-hydrogen) atoms. The van der Waals surface area contributed by atoms with Crippen molar-refractivity contribution in [2.45, 2.75) is 45.3 Å². The van der Waals surface area contributed by atoms with E-state index in [1.165, 1.54) is 13.2 Å². The Morgan fingerprint density at radius 2 is 2.03 bits per heavy atom. The van der Waals surface area contributed by atoms with E-state index in [2.05, 4.69) is 36.5 Å². The fourth-order valence-electron chi connectivity index (χ4n) is 2.68. The summed E-state index contributed by atoms with van der Waals surface area (Å²) in [5, 5.41) is 5.72. The molecular formula is C19H22BrF3N4O2. The summed E-state index contributed by atoms with van der Waals surface area (Å²) in [4.78, 5) is 19.6. The maximum Gasteiger partial charge on any atom is 0.421 e. The van der Waals surface area contributed by atoms with E-state index in [4.69, 9.17) is 4.74 Å². The number of methoxy groups -OCH3 is 1. The van der Waals surface area contributed by atoms with Gasteiger partial charge < -0.3 is 15.4 Å². The maximum absolute atomic E-state index is 13.4. The molecule has 1 heterocycles. The lowest BCUT2D eigenvalue weighted by atomic mass is 10.1. The SMILES string of the molecule is CCCC(CC)Nc1nc(Nc2ccc(Br)c(C(=O)OC)c2)ncc1C(F)(F)F. The van der Waals surface area contributed by atoms with Crippen LogP contribution in [0, 0.1) is 0 Å². The zero-order chi connectivity index (χ0) is 21.6. The summed E-state index contributed by atoms with van der Waals surface area (Å²) < 4.78 is 45.4. The lowest BCUT2D eigenvalue weighted by Crippen LogP contribution is -2.22. The molecule has 2 aromatic rings. The number of anilines is 3. The quantitative estimate of drug-likeness (QED) is 0.472. The lowest BCUT2D eigenvalue weighted by Gasteiger charge is -2.20. The number of ether oxygens (including phenoxy) is 1. The third-order valence-electron chi connectivity index (χ3n) is 4.19. The van der Waals surface area contributed by atoms with Crippen LogP contribution in [-0.2, 0) is 10.9 Å². The fourth-order valence-corrected chi connectivity index (χ4v) is 3.09. The van der Waals surface area contributed by atoms with Gasteiger partial charge in [0.05, 0.1) is 12.7 Å². The molecule has 158 valence electrons. The summed E-state index contributed by atoms with van der Waals surface area (Å²) in [6.07, 6.45) is -1.63. The van der Waals surface area contributed by atoms with Crippen molar-refractivity contribution in [3.05, 3.63) is 40.0 Å². The van der Waals surface area contributed by atoms with Gasteiger partial charge >= 0.3 is 12.1 Å². The van der Waals surface area contributed by atoms with Crippen LogP contribution >= 0.6 is 15.9 Å². The number of rotatable bonds is 8. The van der Waals surface area contributed by atoms with E-state index in [9.17, 15) is 18.0 Å². The van der Waals surface area contributed by atoms with Gasteiger partial charge in [-0.05, 0) is 47.0 Å². The van der Waals surface area contributed by atoms with Gasteiger partial charge in [-0.2, -0.15) is 18.2 Å². The molecule has 0 bridgehead atoms. The highest BCUT2D eigenvalue weighted by atomic mass is 79.9. The maximum atomic E-state index is 13.4. The summed E-state index contributed by atoms with van der Waals surface area (Å²) in [7, 11) is 1.26. The Balaban J connectivity index is 2.37. The van der Waals surface area contributed by atoms with Gasteiger partial charge in [-0.1, -0.05) is 20.3 Å². The first-order chi connectivity index (χ1) is 13.7. The molecule has 0 aliphatic carbocycles. The van der Waals surface area contributed by atoms with Crippen molar-refractivity contribution in [2.75, 3.05) is 17.7 Å². The summed E-state index contributed by atoms with van der Waals surface area (Å²) in [6, 6.07) is 4.61. The highest BCUT2D eigenvalue weighted by Crippen LogP contribution is 2.35. The van der Waals surface area contributed by atoms with E-state index in [0.717, 1.165) is 19.0 Å². The summed E-state index contributed by atoms with van der Waals surface area (Å²) in [5.41, 5.74) is -0.236. The number of nitrogens with one attached hydrogen (secondary N) is 2. The second-order valence-electron chi connectivity index (χ2n) is 6.30. The third-order valence-corrected chi connectivity index (χ3v) is 4.88. The van der Waals surface area contributed by atoms with Crippen molar-refractivity contribution in [1.29, 1.82) is 0 Å². The van der Waals surface area contributed by atoms with Crippen LogP contribution in [-0.4, -0.2) is 29.1 Å². The van der Waals surface area contributed by atoms with Crippen LogP contribution in [0.15, 0.2) is 28.9 Å². The van der Waals surface area contributed by atoms with E-state index in [0.29, 0.717) is 16.6 Å². The van der Waals surface area contributed by atoms with E-state index < -0.39 is 17.7 Å². The smallest absolute Gasteiger partial charge is 0.421 e. The predicted octanol–water partition coefficient (Wildman–Crippen LogP) is 5.78. The van der Waals surface area contributed by atoms with Crippen LogP contribution in [0.3, 0.4) is 0 Å². The molecule has 6 nitrogen and oxygen atoms in total. The van der Waals surface area contributed by atoms with Gasteiger partial charge in [-0.3, -0.25) is 0 Å². The van der Waals surface area contributed by atoms with Crippen LogP contribution < -0.4 is 10.6 Å². The molecule has 0 spiro atoms. The Morgan fingerprint density at radius 1 is 1.31 bits per heavy atom. The van der Waals surface area contributed by atoms with Crippen molar-refractivity contribution in [2.24, 2.45) is 0 Å². The van der Waals surface area contributed by atoms with Crippen LogP contribution in [0.1, 0.15) is 49.0 Å². The minimum Gasteiger partial charge on any atom is -0.465 e. The largest absolute Gasteiger partial charge is 0.465 e. The van der Waals surface area contributed by atoms with Crippen molar-refractivity contribution >= 4 is 39.4 Å². The second-order valence-corrected chi connectivity index (χ2v) is 7.16. The molecule has 10 heteroatoms. The molecule has 0 amide bonds. The Labute approximate surface area is 175 Å². The topological polar surface area (TPSA) is 76.1 Å². The number of hydrogen-bond donors (Lipinski definition) is 2. The van der Waals surface area contributed by atoms with Gasteiger partial charge in [-0.25, -0.2) is 9.78 Å². The summed E-state index contributed by atoms with van der Waals surface area (Å²) in [5.74, 6) is -0.854. The molecule has 0 saturated heterocycles. The van der Waals surface area contributed by atoms with Gasteiger partial charge in [0.2, 0.25) is 5.95 Å². The molecule has 1 unspecified atom stereocenters. The van der Waals surface area contributed by atoms with Gasteiger partial charge in [-0.15, -0.1) is 0 Å². The Kier molecular flexibility index (Phi) is 7.83. The van der Waals surface area contributed by atoms with E-state index in [1.54, 1.807) is 12.1 Å². The average Bonchev–Trinajstić information content (AvgIpc) is 2.67. The van der Waals surface area contributed by atoms with Gasteiger partial charge in [0.1, 0.15) is 11.4 Å². The normalized spacial score (nSPS) is 12.4. The van der Waals surface area contributed by atoms with Crippen molar-refractivity contribution < 1.29 is 22.7 Å².